The smallest absolute Gasteiger partial charge is 0.257 e. The van der Waals surface area contributed by atoms with Crippen LogP contribution in [0.5, 0.6) is 0 Å². The van der Waals surface area contributed by atoms with E-state index in [1.807, 2.05) is 37.3 Å². The van der Waals surface area contributed by atoms with Crippen LogP contribution in [0.1, 0.15) is 15.9 Å². The number of amides is 1. The van der Waals surface area contributed by atoms with Gasteiger partial charge < -0.3 is 15.2 Å². The van der Waals surface area contributed by atoms with Crippen LogP contribution in [0, 0.1) is 6.92 Å². The van der Waals surface area contributed by atoms with Crippen LogP contribution in [0.25, 0.3) is 22.6 Å². The number of carbonyl (C=O) groups excluding carboxylic acids is 1. The van der Waals surface area contributed by atoms with Gasteiger partial charge in [-0.25, -0.2) is 4.98 Å². The summed E-state index contributed by atoms with van der Waals surface area (Å²) < 4.78 is 5.82. The van der Waals surface area contributed by atoms with Gasteiger partial charge in [-0.15, -0.1) is 0 Å². The molecule has 0 aliphatic carbocycles. The monoisotopic (exact) mass is 414 g/mol. The molecule has 1 amide bonds. The molecule has 3 aromatic carbocycles. The number of benzene rings is 3. The summed E-state index contributed by atoms with van der Waals surface area (Å²) in [6.07, 6.45) is 0. The summed E-state index contributed by atoms with van der Waals surface area (Å²) in [6, 6.07) is 18.1. The number of carbonyl (C=O) groups is 1. The van der Waals surface area contributed by atoms with Gasteiger partial charge in [0, 0.05) is 11.3 Å². The summed E-state index contributed by atoms with van der Waals surface area (Å²) in [4.78, 5) is 16.9. The van der Waals surface area contributed by atoms with Crippen molar-refractivity contribution >= 4 is 45.9 Å². The minimum Gasteiger partial charge on any atom is -0.436 e. The molecule has 28 heavy (non-hydrogen) atoms. The molecule has 1 heterocycles. The normalized spacial score (nSPS) is 10.5. The molecule has 0 fully saturated rings. The first-order chi connectivity index (χ1) is 13.0. The third-order valence-electron chi connectivity index (χ3n) is 4.13. The number of anilines is 1. The standard InChI is InChI=1S/C21H14Cl2N2O2.H2O/c1-12-5-10-17-18(11-12)27-21(25-17)13-6-8-14(9-7-13)24-20(26)15-3-2-4-16(22)19(15)23;/h2-11H,1H3,(H,24,26);1H2. The van der Waals surface area contributed by atoms with Gasteiger partial charge in [0.1, 0.15) is 5.52 Å². The van der Waals surface area contributed by atoms with Crippen molar-refractivity contribution in [3.8, 4) is 11.5 Å². The van der Waals surface area contributed by atoms with E-state index in [9.17, 15) is 4.79 Å². The highest BCUT2D eigenvalue weighted by atomic mass is 35.5. The average molecular weight is 415 g/mol. The summed E-state index contributed by atoms with van der Waals surface area (Å²) in [5.74, 6) is 0.207. The summed E-state index contributed by atoms with van der Waals surface area (Å²) in [5, 5.41) is 3.38. The molecular weight excluding hydrogens is 399 g/mol. The van der Waals surface area contributed by atoms with Gasteiger partial charge in [-0.2, -0.15) is 0 Å². The summed E-state index contributed by atoms with van der Waals surface area (Å²) in [5.41, 5.74) is 4.45. The van der Waals surface area contributed by atoms with E-state index < -0.39 is 0 Å². The van der Waals surface area contributed by atoms with Gasteiger partial charge in [0.05, 0.1) is 15.6 Å². The molecule has 0 saturated carbocycles. The summed E-state index contributed by atoms with van der Waals surface area (Å²) >= 11 is 12.1. The molecule has 4 aromatic rings. The zero-order valence-electron chi connectivity index (χ0n) is 14.8. The van der Waals surface area contributed by atoms with E-state index in [0.29, 0.717) is 22.2 Å². The molecule has 142 valence electrons. The predicted octanol–water partition coefficient (Wildman–Crippen LogP) is 5.54. The van der Waals surface area contributed by atoms with Crippen LogP contribution in [0.2, 0.25) is 10.0 Å². The third kappa shape index (κ3) is 3.87. The van der Waals surface area contributed by atoms with Crippen LogP contribution in [0.4, 0.5) is 5.69 Å². The quantitative estimate of drug-likeness (QED) is 0.477. The lowest BCUT2D eigenvalue weighted by Gasteiger charge is -2.08. The molecule has 0 spiro atoms. The van der Waals surface area contributed by atoms with Crippen molar-refractivity contribution in [2.75, 3.05) is 5.32 Å². The van der Waals surface area contributed by atoms with Gasteiger partial charge in [0.15, 0.2) is 5.58 Å². The molecule has 0 aliphatic heterocycles. The first-order valence-electron chi connectivity index (χ1n) is 8.24. The van der Waals surface area contributed by atoms with Crippen LogP contribution in [-0.4, -0.2) is 16.4 Å². The number of oxazole rings is 1. The molecular formula is C21H16Cl2N2O3. The number of aryl methyl sites for hydroxylation is 1. The van der Waals surface area contributed by atoms with Crippen molar-refractivity contribution in [3.05, 3.63) is 81.8 Å². The maximum atomic E-state index is 12.4. The van der Waals surface area contributed by atoms with E-state index >= 15 is 0 Å². The SMILES string of the molecule is Cc1ccc2nc(-c3ccc(NC(=O)c4cccc(Cl)c4Cl)cc3)oc2c1.O. The molecule has 5 nitrogen and oxygen atoms in total. The minimum atomic E-state index is -0.326. The highest BCUT2D eigenvalue weighted by Gasteiger charge is 2.13. The molecule has 0 atom stereocenters. The van der Waals surface area contributed by atoms with Crippen LogP contribution < -0.4 is 5.32 Å². The van der Waals surface area contributed by atoms with Crippen molar-refractivity contribution in [3.63, 3.8) is 0 Å². The van der Waals surface area contributed by atoms with Gasteiger partial charge in [-0.05, 0) is 61.0 Å². The minimum absolute atomic E-state index is 0. The molecule has 0 bridgehead atoms. The van der Waals surface area contributed by atoms with Crippen LogP contribution in [0.15, 0.2) is 65.1 Å². The van der Waals surface area contributed by atoms with Gasteiger partial charge in [-0.1, -0.05) is 35.3 Å². The van der Waals surface area contributed by atoms with Crippen molar-refractivity contribution < 1.29 is 14.7 Å². The number of rotatable bonds is 3. The number of hydrogen-bond donors (Lipinski definition) is 1. The van der Waals surface area contributed by atoms with E-state index in [1.54, 1.807) is 30.3 Å². The zero-order valence-corrected chi connectivity index (χ0v) is 16.3. The highest BCUT2D eigenvalue weighted by Crippen LogP contribution is 2.28. The van der Waals surface area contributed by atoms with Crippen molar-refractivity contribution in [1.82, 2.24) is 4.98 Å². The number of aromatic nitrogens is 1. The predicted molar refractivity (Wildman–Crippen MR) is 112 cm³/mol. The Morgan fingerprint density at radius 2 is 1.79 bits per heavy atom. The molecule has 0 radical (unpaired) electrons. The maximum absolute atomic E-state index is 12.4. The molecule has 3 N–H and O–H groups in total. The van der Waals surface area contributed by atoms with Crippen molar-refractivity contribution in [2.24, 2.45) is 0 Å². The van der Waals surface area contributed by atoms with Crippen LogP contribution in [-0.2, 0) is 0 Å². The molecule has 7 heteroatoms. The van der Waals surface area contributed by atoms with Crippen molar-refractivity contribution in [1.29, 1.82) is 0 Å². The van der Waals surface area contributed by atoms with E-state index in [1.165, 1.54) is 0 Å². The maximum Gasteiger partial charge on any atom is 0.257 e. The van der Waals surface area contributed by atoms with E-state index in [0.717, 1.165) is 22.2 Å². The van der Waals surface area contributed by atoms with Gasteiger partial charge in [0.2, 0.25) is 5.89 Å². The first-order valence-corrected chi connectivity index (χ1v) is 9.00. The summed E-state index contributed by atoms with van der Waals surface area (Å²) in [7, 11) is 0. The zero-order chi connectivity index (χ0) is 19.0. The Morgan fingerprint density at radius 1 is 1.04 bits per heavy atom. The first kappa shape index (κ1) is 19.9. The number of halogens is 2. The number of hydrogen-bond acceptors (Lipinski definition) is 3. The lowest BCUT2D eigenvalue weighted by atomic mass is 10.2. The van der Waals surface area contributed by atoms with Crippen LogP contribution in [0.3, 0.4) is 0 Å². The second-order valence-electron chi connectivity index (χ2n) is 6.12. The lowest BCUT2D eigenvalue weighted by molar-refractivity contribution is 0.102. The number of nitrogens with one attached hydrogen (secondary N) is 1. The van der Waals surface area contributed by atoms with E-state index in [4.69, 9.17) is 27.6 Å². The van der Waals surface area contributed by atoms with Crippen molar-refractivity contribution in [2.45, 2.75) is 6.92 Å². The average Bonchev–Trinajstić information content (AvgIpc) is 3.07. The largest absolute Gasteiger partial charge is 0.436 e. The van der Waals surface area contributed by atoms with Gasteiger partial charge in [0.25, 0.3) is 5.91 Å². The third-order valence-corrected chi connectivity index (χ3v) is 4.95. The number of fused-ring (bicyclic) bond motifs is 1. The van der Waals surface area contributed by atoms with Gasteiger partial charge in [-0.3, -0.25) is 4.79 Å². The Bertz CT molecular complexity index is 1150. The molecule has 0 aliphatic rings. The fourth-order valence-corrected chi connectivity index (χ4v) is 3.12. The fourth-order valence-electron chi connectivity index (χ4n) is 2.73. The second kappa shape index (κ2) is 8.02. The Balaban J connectivity index is 0.00000225. The van der Waals surface area contributed by atoms with E-state index in [2.05, 4.69) is 10.3 Å². The Kier molecular flexibility index (Phi) is 5.70. The Labute approximate surface area is 171 Å². The lowest BCUT2D eigenvalue weighted by Crippen LogP contribution is -2.12. The van der Waals surface area contributed by atoms with E-state index in [-0.39, 0.29) is 16.4 Å². The second-order valence-corrected chi connectivity index (χ2v) is 6.91. The highest BCUT2D eigenvalue weighted by molar-refractivity contribution is 6.44. The molecule has 0 saturated heterocycles. The summed E-state index contributed by atoms with van der Waals surface area (Å²) in [6.45, 7) is 2.01. The number of nitrogens with zero attached hydrogens (tertiary/aromatic N) is 1. The Hall–Kier alpha value is -2.86. The van der Waals surface area contributed by atoms with Crippen LogP contribution >= 0.6 is 23.2 Å². The topological polar surface area (TPSA) is 86.6 Å². The van der Waals surface area contributed by atoms with Gasteiger partial charge >= 0.3 is 0 Å². The molecule has 4 rings (SSSR count). The fraction of sp³-hybridized carbons (Fsp3) is 0.0476. The Morgan fingerprint density at radius 3 is 2.54 bits per heavy atom. The molecule has 0 unspecified atom stereocenters. The molecule has 1 aromatic heterocycles.